The van der Waals surface area contributed by atoms with Gasteiger partial charge in [-0.2, -0.15) is 0 Å². The van der Waals surface area contributed by atoms with Crippen LogP contribution in [0.25, 0.3) is 0 Å². The minimum atomic E-state index is -1.83. The second kappa shape index (κ2) is 33.4. The van der Waals surface area contributed by atoms with E-state index in [1.807, 2.05) is 0 Å². The number of hydrogen-bond donors (Lipinski definition) is 2. The molecule has 8 heteroatoms. The molecule has 3 nitrogen and oxygen atoms in total. The molecule has 0 aliphatic carbocycles. The predicted molar refractivity (Wildman–Crippen MR) is 39.5 cm³/mol. The van der Waals surface area contributed by atoms with E-state index in [0.717, 1.165) is 0 Å². The van der Waals surface area contributed by atoms with Crippen molar-refractivity contribution in [2.24, 2.45) is 0 Å². The van der Waals surface area contributed by atoms with Gasteiger partial charge in [-0.25, -0.2) is 4.79 Å². The van der Waals surface area contributed by atoms with Gasteiger partial charge in [0.15, 0.2) is 0 Å². The van der Waals surface area contributed by atoms with Crippen LogP contribution in [0.2, 0.25) is 0 Å². The third kappa shape index (κ3) is 206. The summed E-state index contributed by atoms with van der Waals surface area (Å²) in [5.74, 6) is 0. The molecule has 0 radical (unpaired) electrons. The zero-order chi connectivity index (χ0) is 3.58. The molecular weight excluding hydrogens is 245 g/mol. The average Bonchev–Trinajstić information content (AvgIpc) is 0.811. The van der Waals surface area contributed by atoms with Crippen molar-refractivity contribution < 1.29 is 32.1 Å². The van der Waals surface area contributed by atoms with Crippen LogP contribution in [0, 0.1) is 0 Å². The van der Waals surface area contributed by atoms with Crippen LogP contribution >= 0.6 is 37.2 Å². The van der Waals surface area contributed by atoms with Crippen LogP contribution in [0.1, 0.15) is 0 Å². The van der Waals surface area contributed by atoms with Gasteiger partial charge in [0.05, 0.1) is 0 Å². The molecular formula is CH6Cl3FeNaO3. The average molecular weight is 251 g/mol. The number of rotatable bonds is 0. The Morgan fingerprint density at radius 2 is 1.00 bits per heavy atom. The summed E-state index contributed by atoms with van der Waals surface area (Å²) in [4.78, 5) is 8.56. The van der Waals surface area contributed by atoms with E-state index in [1.54, 1.807) is 0 Å². The maximum absolute atomic E-state index is 8.56. The fourth-order valence-corrected chi connectivity index (χ4v) is 0. The van der Waals surface area contributed by atoms with Gasteiger partial charge in [-0.1, -0.05) is 0 Å². The molecule has 0 aromatic heterocycles. The molecule has 0 fully saturated rings. The summed E-state index contributed by atoms with van der Waals surface area (Å²) >= 11 is 0. The van der Waals surface area contributed by atoms with E-state index in [-0.39, 0.29) is 83.8 Å². The van der Waals surface area contributed by atoms with Crippen molar-refractivity contribution in [1.82, 2.24) is 0 Å². The first-order valence-electron chi connectivity index (χ1n) is 0.651. The van der Waals surface area contributed by atoms with Crippen LogP contribution in [0.5, 0.6) is 0 Å². The molecule has 58 valence electrons. The molecule has 0 saturated heterocycles. The summed E-state index contributed by atoms with van der Waals surface area (Å²) in [6.45, 7) is 0. The number of halogens is 3. The van der Waals surface area contributed by atoms with Gasteiger partial charge in [0.1, 0.15) is 0 Å². The van der Waals surface area contributed by atoms with Crippen LogP contribution in [0.3, 0.4) is 0 Å². The molecule has 9 heavy (non-hydrogen) atoms. The van der Waals surface area contributed by atoms with Crippen LogP contribution in [-0.2, 0) is 17.1 Å². The molecule has 0 rings (SSSR count). The van der Waals surface area contributed by atoms with Gasteiger partial charge >= 0.3 is 35.7 Å². The van der Waals surface area contributed by atoms with E-state index in [1.165, 1.54) is 0 Å². The molecule has 2 N–H and O–H groups in total. The Morgan fingerprint density at radius 1 is 1.00 bits per heavy atom. The Labute approximate surface area is 104 Å². The summed E-state index contributed by atoms with van der Waals surface area (Å²) in [5, 5.41) is 13.9. The molecule has 0 amide bonds. The van der Waals surface area contributed by atoms with E-state index in [2.05, 4.69) is 0 Å². The summed E-state index contributed by atoms with van der Waals surface area (Å²) < 4.78 is 0. The van der Waals surface area contributed by atoms with Gasteiger partial charge in [-0.15, -0.1) is 37.2 Å². The molecule has 0 aromatic rings. The monoisotopic (exact) mass is 250 g/mol. The van der Waals surface area contributed by atoms with Gasteiger partial charge in [-0.05, 0) is 0 Å². The van der Waals surface area contributed by atoms with Gasteiger partial charge in [0, 0.05) is 17.1 Å². The summed E-state index contributed by atoms with van der Waals surface area (Å²) in [5.41, 5.74) is 0. The second-order valence-electron chi connectivity index (χ2n) is 0.283. The van der Waals surface area contributed by atoms with Crippen LogP contribution < -0.4 is 0 Å². The fourth-order valence-electron chi connectivity index (χ4n) is 0. The molecule has 0 spiro atoms. The summed E-state index contributed by atoms with van der Waals surface area (Å²) in [6, 6.07) is 0. The maximum atomic E-state index is 8.56. The molecule has 0 heterocycles. The fraction of sp³-hybridized carbons (Fsp3) is 0. The molecule has 0 aliphatic rings. The second-order valence-corrected chi connectivity index (χ2v) is 0.283. The molecule has 0 atom stereocenters. The topological polar surface area (TPSA) is 57.5 Å². The third-order valence-electron chi connectivity index (χ3n) is 0. The first-order chi connectivity index (χ1) is 1.73. The Hall–Kier alpha value is 1.66. The van der Waals surface area contributed by atoms with Crippen molar-refractivity contribution in [2.45, 2.75) is 0 Å². The van der Waals surface area contributed by atoms with Gasteiger partial charge in [-0.3, -0.25) is 0 Å². The third-order valence-corrected chi connectivity index (χ3v) is 0. The summed E-state index contributed by atoms with van der Waals surface area (Å²) in [7, 11) is 0. The first kappa shape index (κ1) is 45.8. The van der Waals surface area contributed by atoms with E-state index in [9.17, 15) is 0 Å². The molecule has 0 aliphatic heterocycles. The number of carbonyl (C=O) groups is 1. The van der Waals surface area contributed by atoms with E-state index in [0.29, 0.717) is 0 Å². The Balaban J connectivity index is -0.00000000450. The molecule has 0 unspecified atom stereocenters. The van der Waals surface area contributed by atoms with E-state index < -0.39 is 6.16 Å². The van der Waals surface area contributed by atoms with Gasteiger partial charge in [0.2, 0.25) is 0 Å². The van der Waals surface area contributed by atoms with Crippen molar-refractivity contribution in [3.63, 3.8) is 0 Å². The number of carboxylic acid groups (broad SMARTS) is 2. The first-order valence-corrected chi connectivity index (χ1v) is 0.651. The summed E-state index contributed by atoms with van der Waals surface area (Å²) in [6.07, 6.45) is -1.83. The SMILES string of the molecule is Cl.Cl.Cl.O=C(O)O.[Fe].[NaH]. The van der Waals surface area contributed by atoms with Gasteiger partial charge in [0.25, 0.3) is 0 Å². The van der Waals surface area contributed by atoms with E-state index in [4.69, 9.17) is 15.0 Å². The Bertz CT molecular complexity index is 42.0. The minimum absolute atomic E-state index is 0. The van der Waals surface area contributed by atoms with Crippen LogP contribution in [0.15, 0.2) is 0 Å². The quantitative estimate of drug-likeness (QED) is 0.627. The molecule has 0 saturated carbocycles. The van der Waals surface area contributed by atoms with E-state index >= 15 is 0 Å². The zero-order valence-electron chi connectivity index (χ0n) is 3.38. The van der Waals surface area contributed by atoms with Crippen molar-refractivity contribution >= 4 is 72.9 Å². The van der Waals surface area contributed by atoms with Crippen LogP contribution in [0.4, 0.5) is 4.79 Å². The van der Waals surface area contributed by atoms with Crippen molar-refractivity contribution in [3.8, 4) is 0 Å². The Kier molecular flexibility index (Phi) is 170. The predicted octanol–water partition coefficient (Wildman–Crippen LogP) is 0.837. The van der Waals surface area contributed by atoms with Gasteiger partial charge < -0.3 is 10.2 Å². The van der Waals surface area contributed by atoms with Crippen molar-refractivity contribution in [2.75, 3.05) is 0 Å². The zero-order valence-corrected chi connectivity index (χ0v) is 6.93. The number of hydrogen-bond acceptors (Lipinski definition) is 1. The molecule has 0 aromatic carbocycles. The standard InChI is InChI=1S/CH2O3.3ClH.Fe.Na.H/c2-1(3)4;;;;;;/h(H2,2,3,4);3*1H;;;. The Morgan fingerprint density at radius 3 is 1.00 bits per heavy atom. The van der Waals surface area contributed by atoms with Crippen molar-refractivity contribution in [1.29, 1.82) is 0 Å². The molecule has 0 bridgehead atoms. The van der Waals surface area contributed by atoms with Crippen LogP contribution in [-0.4, -0.2) is 45.9 Å². The normalized spacial score (nSPS) is 2.67. The van der Waals surface area contributed by atoms with Crippen molar-refractivity contribution in [3.05, 3.63) is 0 Å².